The van der Waals surface area contributed by atoms with Crippen molar-refractivity contribution in [1.82, 2.24) is 10.2 Å². The molecule has 0 aliphatic carbocycles. The minimum atomic E-state index is -0.184. The molecule has 1 fully saturated rings. The molecule has 1 amide bonds. The van der Waals surface area contributed by atoms with Gasteiger partial charge in [0.15, 0.2) is 0 Å². The Bertz CT molecular complexity index is 740. The summed E-state index contributed by atoms with van der Waals surface area (Å²) in [5.74, 6) is 1.01. The topological polar surface area (TPSA) is 41.6 Å². The first-order valence-electron chi connectivity index (χ1n) is 9.13. The molecule has 1 N–H and O–H groups in total. The summed E-state index contributed by atoms with van der Waals surface area (Å²) in [6.07, 6.45) is 0. The molecule has 1 heterocycles. The molecule has 0 spiro atoms. The molecule has 2 aromatic carbocycles. The highest BCUT2D eigenvalue weighted by Crippen LogP contribution is 2.33. The number of nitrogens with zero attached hydrogens (tertiary/aromatic N) is 1. The van der Waals surface area contributed by atoms with Gasteiger partial charge in [0.25, 0.3) is 0 Å². The minimum absolute atomic E-state index is 0.118. The fourth-order valence-electron chi connectivity index (χ4n) is 3.65. The van der Waals surface area contributed by atoms with Gasteiger partial charge in [-0.25, -0.2) is 0 Å². The Morgan fingerprint density at radius 2 is 1.81 bits per heavy atom. The first-order valence-corrected chi connectivity index (χ1v) is 9.13. The summed E-state index contributed by atoms with van der Waals surface area (Å²) in [6, 6.07) is 18.1. The normalized spacial score (nSPS) is 20.2. The highest BCUT2D eigenvalue weighted by atomic mass is 16.5. The number of benzene rings is 2. The van der Waals surface area contributed by atoms with Crippen LogP contribution in [0.25, 0.3) is 0 Å². The molecular weight excluding hydrogens is 324 g/mol. The summed E-state index contributed by atoms with van der Waals surface area (Å²) in [5, 5.41) is 3.56. The van der Waals surface area contributed by atoms with Crippen molar-refractivity contribution in [2.75, 3.05) is 13.7 Å². The van der Waals surface area contributed by atoms with Crippen molar-refractivity contribution >= 4 is 5.91 Å². The summed E-state index contributed by atoms with van der Waals surface area (Å²) in [4.78, 5) is 15.0. The number of likely N-dealkylation sites (tertiary alicyclic amines) is 1. The van der Waals surface area contributed by atoms with E-state index in [1.165, 1.54) is 5.56 Å². The van der Waals surface area contributed by atoms with Crippen molar-refractivity contribution in [2.45, 2.75) is 39.4 Å². The van der Waals surface area contributed by atoms with Crippen LogP contribution in [0.15, 0.2) is 54.6 Å². The van der Waals surface area contributed by atoms with E-state index in [0.29, 0.717) is 6.54 Å². The Morgan fingerprint density at radius 3 is 2.42 bits per heavy atom. The van der Waals surface area contributed by atoms with E-state index in [1.54, 1.807) is 7.11 Å². The lowest BCUT2D eigenvalue weighted by molar-refractivity contribution is -0.130. The molecule has 0 radical (unpaired) electrons. The Labute approximate surface area is 156 Å². The van der Waals surface area contributed by atoms with Crippen LogP contribution in [0.1, 0.15) is 37.9 Å². The number of nitrogens with one attached hydrogen (secondary N) is 1. The van der Waals surface area contributed by atoms with Gasteiger partial charge in [0.05, 0.1) is 13.2 Å². The Morgan fingerprint density at radius 1 is 1.15 bits per heavy atom. The average Bonchev–Trinajstić information content (AvgIpc) is 2.86. The van der Waals surface area contributed by atoms with Crippen LogP contribution in [-0.2, 0) is 11.3 Å². The maximum Gasteiger partial charge on any atom is 0.240 e. The second kappa shape index (κ2) is 7.50. The molecular formula is C22H28N2O2. The number of carbonyl (C=O) groups is 1. The predicted molar refractivity (Wildman–Crippen MR) is 104 cm³/mol. The average molecular weight is 352 g/mol. The van der Waals surface area contributed by atoms with Gasteiger partial charge in [-0.1, -0.05) is 56.3 Å². The van der Waals surface area contributed by atoms with E-state index in [9.17, 15) is 4.79 Å². The minimum Gasteiger partial charge on any atom is -0.497 e. The van der Waals surface area contributed by atoms with Crippen LogP contribution in [0.2, 0.25) is 0 Å². The van der Waals surface area contributed by atoms with Crippen molar-refractivity contribution in [3.63, 3.8) is 0 Å². The highest BCUT2D eigenvalue weighted by Gasteiger charge is 2.46. The third-order valence-corrected chi connectivity index (χ3v) is 5.19. The maximum absolute atomic E-state index is 13.1. The zero-order valence-corrected chi connectivity index (χ0v) is 16.0. The smallest absolute Gasteiger partial charge is 0.240 e. The summed E-state index contributed by atoms with van der Waals surface area (Å²) in [5.41, 5.74) is 2.20. The van der Waals surface area contributed by atoms with E-state index in [4.69, 9.17) is 4.74 Å². The SMILES string of the molecule is COc1ccc(CN2CC(C)(C)[C@H](N[C@H](C)c3ccccc3)C2=O)cc1. The van der Waals surface area contributed by atoms with Gasteiger partial charge in [0.2, 0.25) is 5.91 Å². The molecule has 2 atom stereocenters. The van der Waals surface area contributed by atoms with E-state index in [1.807, 2.05) is 47.4 Å². The molecule has 0 bridgehead atoms. The number of methoxy groups -OCH3 is 1. The predicted octanol–water partition coefficient (Wildman–Crippen LogP) is 3.78. The van der Waals surface area contributed by atoms with Gasteiger partial charge in [-0.2, -0.15) is 0 Å². The van der Waals surface area contributed by atoms with Gasteiger partial charge in [-0.05, 0) is 30.2 Å². The largest absolute Gasteiger partial charge is 0.497 e. The Hall–Kier alpha value is -2.33. The van der Waals surface area contributed by atoms with Crippen molar-refractivity contribution in [1.29, 1.82) is 0 Å². The first kappa shape index (κ1) is 18.5. The molecule has 138 valence electrons. The van der Waals surface area contributed by atoms with Crippen LogP contribution in [0.5, 0.6) is 5.75 Å². The Balaban J connectivity index is 1.70. The number of hydrogen-bond acceptors (Lipinski definition) is 3. The third kappa shape index (κ3) is 3.91. The molecule has 1 aliphatic heterocycles. The molecule has 26 heavy (non-hydrogen) atoms. The maximum atomic E-state index is 13.1. The van der Waals surface area contributed by atoms with Crippen molar-refractivity contribution < 1.29 is 9.53 Å². The van der Waals surface area contributed by atoms with Crippen LogP contribution in [0, 0.1) is 5.41 Å². The molecule has 1 saturated heterocycles. The van der Waals surface area contributed by atoms with E-state index >= 15 is 0 Å². The molecule has 3 rings (SSSR count). The van der Waals surface area contributed by atoms with Crippen molar-refractivity contribution in [2.24, 2.45) is 5.41 Å². The van der Waals surface area contributed by atoms with E-state index in [-0.39, 0.29) is 23.4 Å². The third-order valence-electron chi connectivity index (χ3n) is 5.19. The highest BCUT2D eigenvalue weighted by molar-refractivity contribution is 5.85. The molecule has 2 aromatic rings. The van der Waals surface area contributed by atoms with Crippen LogP contribution in [0.4, 0.5) is 0 Å². The number of hydrogen-bond donors (Lipinski definition) is 1. The zero-order chi connectivity index (χ0) is 18.7. The lowest BCUT2D eigenvalue weighted by atomic mass is 9.86. The molecule has 0 saturated carbocycles. The van der Waals surface area contributed by atoms with Crippen LogP contribution >= 0.6 is 0 Å². The van der Waals surface area contributed by atoms with E-state index in [0.717, 1.165) is 17.9 Å². The Kier molecular flexibility index (Phi) is 5.33. The second-order valence-electron chi connectivity index (χ2n) is 7.76. The van der Waals surface area contributed by atoms with Gasteiger partial charge < -0.3 is 9.64 Å². The number of ether oxygens (including phenoxy) is 1. The van der Waals surface area contributed by atoms with Crippen LogP contribution in [0.3, 0.4) is 0 Å². The molecule has 4 heteroatoms. The van der Waals surface area contributed by atoms with Crippen LogP contribution < -0.4 is 10.1 Å². The number of amides is 1. The van der Waals surface area contributed by atoms with Gasteiger partial charge in [0, 0.05) is 24.5 Å². The van der Waals surface area contributed by atoms with E-state index < -0.39 is 0 Å². The summed E-state index contributed by atoms with van der Waals surface area (Å²) < 4.78 is 5.21. The van der Waals surface area contributed by atoms with Crippen LogP contribution in [-0.4, -0.2) is 30.5 Å². The fraction of sp³-hybridized carbons (Fsp3) is 0.409. The number of carbonyl (C=O) groups excluding carboxylic acids is 1. The molecule has 4 nitrogen and oxygen atoms in total. The monoisotopic (exact) mass is 352 g/mol. The van der Waals surface area contributed by atoms with Gasteiger partial charge >= 0.3 is 0 Å². The zero-order valence-electron chi connectivity index (χ0n) is 16.0. The summed E-state index contributed by atoms with van der Waals surface area (Å²) in [7, 11) is 1.66. The summed E-state index contributed by atoms with van der Waals surface area (Å²) in [6.45, 7) is 7.81. The standard InChI is InChI=1S/C22H28N2O2/c1-16(18-8-6-5-7-9-18)23-20-21(25)24(15-22(20,2)3)14-17-10-12-19(26-4)13-11-17/h5-13,16,20,23H,14-15H2,1-4H3/t16-,20-/m1/s1. The quantitative estimate of drug-likeness (QED) is 0.860. The summed E-state index contributed by atoms with van der Waals surface area (Å²) >= 11 is 0. The van der Waals surface area contributed by atoms with Gasteiger partial charge in [-0.3, -0.25) is 10.1 Å². The van der Waals surface area contributed by atoms with Crippen molar-refractivity contribution in [3.05, 3.63) is 65.7 Å². The lowest BCUT2D eigenvalue weighted by Gasteiger charge is -2.28. The molecule has 0 unspecified atom stereocenters. The van der Waals surface area contributed by atoms with Gasteiger partial charge in [0.1, 0.15) is 5.75 Å². The lowest BCUT2D eigenvalue weighted by Crippen LogP contribution is -2.45. The second-order valence-corrected chi connectivity index (χ2v) is 7.76. The van der Waals surface area contributed by atoms with Gasteiger partial charge in [-0.15, -0.1) is 0 Å². The first-order chi connectivity index (χ1) is 12.4. The fourth-order valence-corrected chi connectivity index (χ4v) is 3.65. The molecule has 0 aromatic heterocycles. The number of rotatable bonds is 6. The van der Waals surface area contributed by atoms with Crippen molar-refractivity contribution in [3.8, 4) is 5.75 Å². The molecule has 1 aliphatic rings. The van der Waals surface area contributed by atoms with E-state index in [2.05, 4.69) is 38.2 Å².